The Labute approximate surface area is 166 Å². The molecule has 1 aliphatic heterocycles. The highest BCUT2D eigenvalue weighted by Gasteiger charge is 2.33. The molecule has 0 spiro atoms. The van der Waals surface area contributed by atoms with E-state index in [0.717, 1.165) is 29.0 Å². The Morgan fingerprint density at radius 2 is 1.79 bits per heavy atom. The zero-order valence-corrected chi connectivity index (χ0v) is 15.9. The Morgan fingerprint density at radius 1 is 1.11 bits per heavy atom. The molecule has 28 heavy (non-hydrogen) atoms. The summed E-state index contributed by atoms with van der Waals surface area (Å²) in [5.74, 6) is 0.226. The fourth-order valence-electron chi connectivity index (χ4n) is 2.89. The molecule has 0 unspecified atom stereocenters. The summed E-state index contributed by atoms with van der Waals surface area (Å²) in [5.41, 5.74) is 1.02. The lowest BCUT2D eigenvalue weighted by atomic mass is 10.0. The first-order chi connectivity index (χ1) is 13.5. The van der Waals surface area contributed by atoms with Gasteiger partial charge in [-0.25, -0.2) is 0 Å². The first kappa shape index (κ1) is 19.8. The van der Waals surface area contributed by atoms with Crippen LogP contribution in [0.3, 0.4) is 0 Å². The molecule has 2 aromatic carbocycles. The molecule has 1 heterocycles. The summed E-state index contributed by atoms with van der Waals surface area (Å²) in [5, 5.41) is 10.3. The molecule has 1 atom stereocenters. The molecule has 0 saturated carbocycles. The number of nitrogens with one attached hydrogen (secondary N) is 1. The molecule has 1 saturated heterocycles. The van der Waals surface area contributed by atoms with Crippen molar-refractivity contribution < 1.29 is 24.2 Å². The second-order valence-corrected chi connectivity index (χ2v) is 7.25. The summed E-state index contributed by atoms with van der Waals surface area (Å²) in [6.07, 6.45) is 1.63. The third-order valence-corrected chi connectivity index (χ3v) is 5.22. The van der Waals surface area contributed by atoms with Gasteiger partial charge < -0.3 is 15.2 Å². The summed E-state index contributed by atoms with van der Waals surface area (Å²) in [6, 6.07) is 17.0. The van der Waals surface area contributed by atoms with Crippen molar-refractivity contribution in [3.63, 3.8) is 0 Å². The fourth-order valence-corrected chi connectivity index (χ4v) is 3.73. The van der Waals surface area contributed by atoms with Gasteiger partial charge in [0.25, 0.3) is 5.24 Å². The maximum atomic E-state index is 12.1. The van der Waals surface area contributed by atoms with Crippen LogP contribution in [0.5, 0.6) is 11.5 Å². The number of carbonyl (C=O) groups is 3. The highest BCUT2D eigenvalue weighted by Crippen LogP contribution is 2.30. The van der Waals surface area contributed by atoms with Gasteiger partial charge in [-0.1, -0.05) is 30.3 Å². The summed E-state index contributed by atoms with van der Waals surface area (Å²) < 4.78 is 7.22. The van der Waals surface area contributed by atoms with Crippen molar-refractivity contribution in [1.29, 1.82) is 0 Å². The average molecular weight is 400 g/mol. The standard InChI is InChI=1S/C20H20N2O5S/c23-18-11-8-15(22(18)28-20(26)21-13-19(24)25)12-14-6-9-17(10-7-14)27-16-4-2-1-3-5-16/h1-7,9-10,15H,8,11-13H2,(H,21,26)(H,24,25)/t15-/m1/s1. The van der Waals surface area contributed by atoms with Crippen molar-refractivity contribution in [2.24, 2.45) is 0 Å². The zero-order chi connectivity index (χ0) is 19.9. The first-order valence-electron chi connectivity index (χ1n) is 8.83. The molecule has 7 nitrogen and oxygen atoms in total. The summed E-state index contributed by atoms with van der Waals surface area (Å²) in [6.45, 7) is -0.471. The molecular weight excluding hydrogens is 380 g/mol. The minimum Gasteiger partial charge on any atom is -0.480 e. The number of carbonyl (C=O) groups excluding carboxylic acids is 2. The van der Waals surface area contributed by atoms with E-state index in [1.165, 1.54) is 4.31 Å². The van der Waals surface area contributed by atoms with Gasteiger partial charge in [-0.3, -0.25) is 18.7 Å². The van der Waals surface area contributed by atoms with Crippen molar-refractivity contribution >= 4 is 29.1 Å². The highest BCUT2D eigenvalue weighted by molar-refractivity contribution is 8.12. The second kappa shape index (κ2) is 9.27. The Kier molecular flexibility index (Phi) is 6.54. The van der Waals surface area contributed by atoms with Gasteiger partial charge in [0.1, 0.15) is 18.0 Å². The third-order valence-electron chi connectivity index (χ3n) is 4.21. The van der Waals surface area contributed by atoms with Crippen LogP contribution >= 0.6 is 11.9 Å². The van der Waals surface area contributed by atoms with Crippen molar-refractivity contribution in [3.8, 4) is 11.5 Å². The minimum absolute atomic E-state index is 0.117. The summed E-state index contributed by atoms with van der Waals surface area (Å²) in [4.78, 5) is 34.5. The van der Waals surface area contributed by atoms with Crippen LogP contribution in [0.25, 0.3) is 0 Å². The zero-order valence-electron chi connectivity index (χ0n) is 15.0. The van der Waals surface area contributed by atoms with Crippen molar-refractivity contribution in [2.45, 2.75) is 25.3 Å². The van der Waals surface area contributed by atoms with Crippen LogP contribution in [0.15, 0.2) is 54.6 Å². The normalized spacial score (nSPS) is 16.1. The molecule has 8 heteroatoms. The number of carboxylic acid groups (broad SMARTS) is 1. The van der Waals surface area contributed by atoms with E-state index in [0.29, 0.717) is 19.3 Å². The molecule has 0 aliphatic carbocycles. The number of nitrogens with zero attached hydrogens (tertiary/aromatic N) is 1. The van der Waals surface area contributed by atoms with E-state index in [2.05, 4.69) is 5.32 Å². The molecule has 2 amide bonds. The predicted molar refractivity (Wildman–Crippen MR) is 105 cm³/mol. The minimum atomic E-state index is -1.13. The smallest absolute Gasteiger partial charge is 0.323 e. The van der Waals surface area contributed by atoms with E-state index < -0.39 is 17.8 Å². The van der Waals surface area contributed by atoms with Gasteiger partial charge in [-0.15, -0.1) is 0 Å². The molecule has 1 fully saturated rings. The highest BCUT2D eigenvalue weighted by atomic mass is 32.2. The maximum Gasteiger partial charge on any atom is 0.323 e. The van der Waals surface area contributed by atoms with Gasteiger partial charge in [0, 0.05) is 12.5 Å². The lowest BCUT2D eigenvalue weighted by Gasteiger charge is -2.22. The molecule has 1 aliphatic rings. The van der Waals surface area contributed by atoms with Crippen LogP contribution in [0.2, 0.25) is 0 Å². The Bertz CT molecular complexity index is 841. The third kappa shape index (κ3) is 5.50. The lowest BCUT2D eigenvalue weighted by Crippen LogP contribution is -2.34. The first-order valence-corrected chi connectivity index (χ1v) is 9.60. The van der Waals surface area contributed by atoms with Crippen LogP contribution in [-0.4, -0.2) is 39.1 Å². The molecule has 0 bridgehead atoms. The number of amides is 2. The molecule has 2 N–H and O–H groups in total. The van der Waals surface area contributed by atoms with Crippen LogP contribution < -0.4 is 10.1 Å². The number of aliphatic carboxylic acids is 1. The van der Waals surface area contributed by atoms with Gasteiger partial charge >= 0.3 is 5.97 Å². The predicted octanol–water partition coefficient (Wildman–Crippen LogP) is 3.45. The number of benzene rings is 2. The van der Waals surface area contributed by atoms with Crippen molar-refractivity contribution in [3.05, 3.63) is 60.2 Å². The Hall–Kier alpha value is -3.00. The van der Waals surface area contributed by atoms with E-state index in [9.17, 15) is 14.4 Å². The van der Waals surface area contributed by atoms with Crippen molar-refractivity contribution in [1.82, 2.24) is 9.62 Å². The molecule has 0 aromatic heterocycles. The van der Waals surface area contributed by atoms with E-state index in [-0.39, 0.29) is 11.9 Å². The van der Waals surface area contributed by atoms with Crippen LogP contribution in [0.4, 0.5) is 4.79 Å². The van der Waals surface area contributed by atoms with Crippen molar-refractivity contribution in [2.75, 3.05) is 6.54 Å². The summed E-state index contributed by atoms with van der Waals surface area (Å²) in [7, 11) is 0. The largest absolute Gasteiger partial charge is 0.480 e. The maximum absolute atomic E-state index is 12.1. The second-order valence-electron chi connectivity index (χ2n) is 6.30. The molecule has 2 aromatic rings. The molecule has 3 rings (SSSR count). The van der Waals surface area contributed by atoms with Gasteiger partial charge in [0.2, 0.25) is 5.91 Å². The van der Waals surface area contributed by atoms with Gasteiger partial charge in [-0.05, 0) is 42.7 Å². The molecule has 0 radical (unpaired) electrons. The number of carboxylic acids is 1. The molecular formula is C20H20N2O5S. The van der Waals surface area contributed by atoms with E-state index in [1.807, 2.05) is 54.6 Å². The van der Waals surface area contributed by atoms with E-state index in [1.54, 1.807) is 0 Å². The fraction of sp³-hybridized carbons (Fsp3) is 0.250. The number of rotatable bonds is 7. The Morgan fingerprint density at radius 3 is 2.46 bits per heavy atom. The quantitative estimate of drug-likeness (QED) is 0.691. The van der Waals surface area contributed by atoms with Crippen LogP contribution in [-0.2, 0) is 16.0 Å². The monoisotopic (exact) mass is 400 g/mol. The van der Waals surface area contributed by atoms with Crippen LogP contribution in [0.1, 0.15) is 18.4 Å². The van der Waals surface area contributed by atoms with Gasteiger partial charge in [-0.2, -0.15) is 0 Å². The lowest BCUT2D eigenvalue weighted by molar-refractivity contribution is -0.135. The molecule has 146 valence electrons. The summed E-state index contributed by atoms with van der Waals surface area (Å²) >= 11 is 0.735. The Balaban J connectivity index is 1.57. The van der Waals surface area contributed by atoms with Crippen LogP contribution in [0, 0.1) is 0 Å². The SMILES string of the molecule is O=C(O)CNC(=O)SN1C(=O)CC[C@@H]1Cc1ccc(Oc2ccccc2)cc1. The van der Waals surface area contributed by atoms with E-state index in [4.69, 9.17) is 9.84 Å². The average Bonchev–Trinajstić information content (AvgIpc) is 3.02. The number of hydrogen-bond acceptors (Lipinski definition) is 5. The van der Waals surface area contributed by atoms with Gasteiger partial charge in [0.15, 0.2) is 0 Å². The number of hydrogen-bond donors (Lipinski definition) is 2. The van der Waals surface area contributed by atoms with Gasteiger partial charge in [0.05, 0.1) is 11.9 Å². The topological polar surface area (TPSA) is 95.9 Å². The number of para-hydroxylation sites is 1. The van der Waals surface area contributed by atoms with E-state index >= 15 is 0 Å². The number of ether oxygens (including phenoxy) is 1.